The van der Waals surface area contributed by atoms with E-state index in [0.29, 0.717) is 0 Å². The first kappa shape index (κ1) is 38.2. The standard InChI is InChI=1S/C64H43N/c1-3-15-44(16-4-1)52-39-53(45-17-5-2-6-18-45)41-56(40-52)65(55-37-33-49(34-38-55)64-43-51-20-8-10-22-58(51)60-24-12-14-26-62(60)64)54-35-31-47(32-36-54)46-27-29-48(30-28-46)63-42-50-19-7-9-21-57(50)59-23-11-13-25-61(59)63/h1-43H. The summed E-state index contributed by atoms with van der Waals surface area (Å²) in [6.07, 6.45) is 0. The predicted octanol–water partition coefficient (Wildman–Crippen LogP) is 18.1. The molecular weight excluding hydrogens is 783 g/mol. The van der Waals surface area contributed by atoms with Crippen molar-refractivity contribution in [3.05, 3.63) is 261 Å². The molecule has 0 heterocycles. The van der Waals surface area contributed by atoms with Crippen LogP contribution in [-0.4, -0.2) is 0 Å². The molecule has 0 fully saturated rings. The summed E-state index contributed by atoms with van der Waals surface area (Å²) in [5, 5.41) is 10.2. The maximum absolute atomic E-state index is 2.40. The van der Waals surface area contributed by atoms with Crippen LogP contribution < -0.4 is 4.90 Å². The summed E-state index contributed by atoms with van der Waals surface area (Å²) < 4.78 is 0. The first-order valence-corrected chi connectivity index (χ1v) is 22.4. The van der Waals surface area contributed by atoms with Crippen molar-refractivity contribution >= 4 is 60.2 Å². The van der Waals surface area contributed by atoms with Gasteiger partial charge in [-0.25, -0.2) is 0 Å². The highest BCUT2D eigenvalue weighted by Crippen LogP contribution is 2.43. The third kappa shape index (κ3) is 7.10. The Morgan fingerprint density at radius 1 is 0.185 bits per heavy atom. The molecule has 1 nitrogen and oxygen atoms in total. The molecule has 12 rings (SSSR count). The molecule has 1 heteroatoms. The Morgan fingerprint density at radius 3 is 0.954 bits per heavy atom. The largest absolute Gasteiger partial charge is 0.310 e. The van der Waals surface area contributed by atoms with Crippen LogP contribution in [0.25, 0.3) is 98.7 Å². The van der Waals surface area contributed by atoms with Crippen LogP contribution in [0.15, 0.2) is 261 Å². The van der Waals surface area contributed by atoms with E-state index in [1.54, 1.807) is 0 Å². The summed E-state index contributed by atoms with van der Waals surface area (Å²) in [4.78, 5) is 2.40. The third-order valence-corrected chi connectivity index (χ3v) is 13.0. The molecule has 0 saturated carbocycles. The maximum atomic E-state index is 2.40. The van der Waals surface area contributed by atoms with Crippen molar-refractivity contribution in [2.45, 2.75) is 0 Å². The molecule has 0 N–H and O–H groups in total. The van der Waals surface area contributed by atoms with E-state index in [9.17, 15) is 0 Å². The van der Waals surface area contributed by atoms with Gasteiger partial charge in [0.25, 0.3) is 0 Å². The van der Waals surface area contributed by atoms with Gasteiger partial charge in [0.2, 0.25) is 0 Å². The van der Waals surface area contributed by atoms with Crippen LogP contribution in [0.2, 0.25) is 0 Å². The van der Waals surface area contributed by atoms with E-state index in [0.717, 1.165) is 17.1 Å². The average molecular weight is 826 g/mol. The molecule has 0 aromatic heterocycles. The lowest BCUT2D eigenvalue weighted by Gasteiger charge is -2.27. The molecule has 0 radical (unpaired) electrons. The highest BCUT2D eigenvalue weighted by Gasteiger charge is 2.18. The molecule has 0 aliphatic carbocycles. The fourth-order valence-electron chi connectivity index (χ4n) is 9.80. The molecule has 12 aromatic carbocycles. The summed E-state index contributed by atoms with van der Waals surface area (Å²) >= 11 is 0. The molecule has 0 aliphatic heterocycles. The molecule has 0 saturated heterocycles. The molecule has 0 atom stereocenters. The lowest BCUT2D eigenvalue weighted by molar-refractivity contribution is 1.28. The van der Waals surface area contributed by atoms with Crippen LogP contribution in [-0.2, 0) is 0 Å². The SMILES string of the molecule is c1ccc(-c2cc(-c3ccccc3)cc(N(c3ccc(-c4ccc(-c5cc6ccccc6c6ccccc56)cc4)cc3)c3ccc(-c4cc5ccccc5c5ccccc45)cc3)c2)cc1. The summed E-state index contributed by atoms with van der Waals surface area (Å²) in [5.74, 6) is 0. The number of anilines is 3. The summed E-state index contributed by atoms with van der Waals surface area (Å²) in [7, 11) is 0. The number of hydrogen-bond donors (Lipinski definition) is 0. The Kier molecular flexibility index (Phi) is 9.58. The van der Waals surface area contributed by atoms with Gasteiger partial charge in [0, 0.05) is 17.1 Å². The fraction of sp³-hybridized carbons (Fsp3) is 0. The van der Waals surface area contributed by atoms with E-state index >= 15 is 0 Å². The van der Waals surface area contributed by atoms with Crippen molar-refractivity contribution in [2.75, 3.05) is 4.90 Å². The van der Waals surface area contributed by atoms with Gasteiger partial charge in [0.05, 0.1) is 0 Å². The number of benzene rings is 12. The summed E-state index contributed by atoms with van der Waals surface area (Å²) in [6.45, 7) is 0. The minimum atomic E-state index is 1.08. The Morgan fingerprint density at radius 2 is 0.508 bits per heavy atom. The van der Waals surface area contributed by atoms with Crippen LogP contribution in [0.3, 0.4) is 0 Å². The summed E-state index contributed by atoms with van der Waals surface area (Å²) in [6, 6.07) is 95.2. The second-order valence-electron chi connectivity index (χ2n) is 16.9. The first-order valence-electron chi connectivity index (χ1n) is 22.4. The van der Waals surface area contributed by atoms with Gasteiger partial charge >= 0.3 is 0 Å². The Labute approximate surface area is 379 Å². The Hall–Kier alpha value is -8.52. The molecule has 304 valence electrons. The molecule has 0 bridgehead atoms. The summed E-state index contributed by atoms with van der Waals surface area (Å²) in [5.41, 5.74) is 15.2. The predicted molar refractivity (Wildman–Crippen MR) is 278 cm³/mol. The van der Waals surface area contributed by atoms with Gasteiger partial charge in [-0.05, 0) is 153 Å². The van der Waals surface area contributed by atoms with Gasteiger partial charge in [-0.2, -0.15) is 0 Å². The van der Waals surface area contributed by atoms with Crippen LogP contribution in [0.5, 0.6) is 0 Å². The molecule has 12 aromatic rings. The van der Waals surface area contributed by atoms with Gasteiger partial charge in [-0.3, -0.25) is 0 Å². The fourth-order valence-corrected chi connectivity index (χ4v) is 9.80. The minimum absolute atomic E-state index is 1.08. The van der Waals surface area contributed by atoms with Crippen molar-refractivity contribution in [3.63, 3.8) is 0 Å². The average Bonchev–Trinajstić information content (AvgIpc) is 3.39. The number of fused-ring (bicyclic) bond motifs is 6. The van der Waals surface area contributed by atoms with E-state index in [1.807, 2.05) is 0 Å². The highest BCUT2D eigenvalue weighted by molar-refractivity contribution is 6.15. The minimum Gasteiger partial charge on any atom is -0.310 e. The Bertz CT molecular complexity index is 3610. The van der Waals surface area contributed by atoms with Gasteiger partial charge in [-0.15, -0.1) is 0 Å². The van der Waals surface area contributed by atoms with Crippen LogP contribution in [0, 0.1) is 0 Å². The van der Waals surface area contributed by atoms with E-state index in [4.69, 9.17) is 0 Å². The number of rotatable bonds is 8. The van der Waals surface area contributed by atoms with Crippen molar-refractivity contribution in [2.24, 2.45) is 0 Å². The van der Waals surface area contributed by atoms with Crippen molar-refractivity contribution in [1.29, 1.82) is 0 Å². The first-order chi connectivity index (χ1) is 32.2. The lowest BCUT2D eigenvalue weighted by Crippen LogP contribution is -2.10. The molecule has 65 heavy (non-hydrogen) atoms. The zero-order valence-electron chi connectivity index (χ0n) is 35.8. The number of hydrogen-bond acceptors (Lipinski definition) is 1. The van der Waals surface area contributed by atoms with E-state index < -0.39 is 0 Å². The van der Waals surface area contributed by atoms with Crippen LogP contribution >= 0.6 is 0 Å². The monoisotopic (exact) mass is 825 g/mol. The van der Waals surface area contributed by atoms with Crippen LogP contribution in [0.1, 0.15) is 0 Å². The van der Waals surface area contributed by atoms with Gasteiger partial charge in [-0.1, -0.05) is 206 Å². The van der Waals surface area contributed by atoms with Crippen molar-refractivity contribution < 1.29 is 0 Å². The van der Waals surface area contributed by atoms with E-state index in [-0.39, 0.29) is 0 Å². The Balaban J connectivity index is 0.959. The van der Waals surface area contributed by atoms with E-state index in [1.165, 1.54) is 98.7 Å². The quantitative estimate of drug-likeness (QED) is 0.138. The zero-order chi connectivity index (χ0) is 43.1. The highest BCUT2D eigenvalue weighted by atomic mass is 15.1. The molecule has 0 unspecified atom stereocenters. The topological polar surface area (TPSA) is 3.24 Å². The lowest BCUT2D eigenvalue weighted by atomic mass is 9.92. The maximum Gasteiger partial charge on any atom is 0.0473 e. The second-order valence-corrected chi connectivity index (χ2v) is 16.9. The van der Waals surface area contributed by atoms with Crippen molar-refractivity contribution in [1.82, 2.24) is 0 Å². The zero-order valence-corrected chi connectivity index (χ0v) is 35.8. The smallest absolute Gasteiger partial charge is 0.0473 e. The molecule has 0 amide bonds. The number of nitrogens with zero attached hydrogens (tertiary/aromatic N) is 1. The van der Waals surface area contributed by atoms with Crippen LogP contribution in [0.4, 0.5) is 17.1 Å². The van der Waals surface area contributed by atoms with Gasteiger partial charge in [0.1, 0.15) is 0 Å². The second kappa shape index (κ2) is 16.3. The van der Waals surface area contributed by atoms with Gasteiger partial charge in [0.15, 0.2) is 0 Å². The third-order valence-electron chi connectivity index (χ3n) is 13.0. The normalized spacial score (nSPS) is 11.4. The van der Waals surface area contributed by atoms with E-state index in [2.05, 4.69) is 266 Å². The molecular formula is C64H43N. The van der Waals surface area contributed by atoms with Crippen molar-refractivity contribution in [3.8, 4) is 55.6 Å². The van der Waals surface area contributed by atoms with Gasteiger partial charge < -0.3 is 4.90 Å². The molecule has 0 spiro atoms. The molecule has 0 aliphatic rings.